The first kappa shape index (κ1) is 18.8. The largest absolute Gasteiger partial charge is 0.493 e. The minimum atomic E-state index is -0.350. The Balaban J connectivity index is 2.23. The molecular weight excluding hydrogens is 332 g/mol. The summed E-state index contributed by atoms with van der Waals surface area (Å²) in [4.78, 5) is 14.1. The lowest BCUT2D eigenvalue weighted by Crippen LogP contribution is -2.55. The molecule has 0 bridgehead atoms. The summed E-state index contributed by atoms with van der Waals surface area (Å²) in [5.74, 6) is 1.16. The second kappa shape index (κ2) is 8.55. The van der Waals surface area contributed by atoms with Gasteiger partial charge in [-0.05, 0) is 31.9 Å². The number of nitrogens with zero attached hydrogens (tertiary/aromatic N) is 1. The predicted molar refractivity (Wildman–Crippen MR) is 92.7 cm³/mol. The van der Waals surface area contributed by atoms with Crippen LogP contribution in [0.15, 0.2) is 12.1 Å². The third kappa shape index (κ3) is 4.53. The minimum Gasteiger partial charge on any atom is -0.493 e. The van der Waals surface area contributed by atoms with Gasteiger partial charge in [-0.2, -0.15) is 0 Å². The van der Waals surface area contributed by atoms with Crippen molar-refractivity contribution in [1.82, 2.24) is 10.2 Å². The summed E-state index contributed by atoms with van der Waals surface area (Å²) >= 11 is 6.41. The van der Waals surface area contributed by atoms with Crippen molar-refractivity contribution in [2.24, 2.45) is 0 Å². The molecule has 1 saturated heterocycles. The van der Waals surface area contributed by atoms with Crippen LogP contribution >= 0.6 is 11.6 Å². The van der Waals surface area contributed by atoms with Crippen LogP contribution in [0.1, 0.15) is 25.8 Å². The molecule has 0 aromatic heterocycles. The number of carbonyl (C=O) groups excluding carboxylic acids is 1. The van der Waals surface area contributed by atoms with Gasteiger partial charge in [-0.1, -0.05) is 11.6 Å². The fourth-order valence-electron chi connectivity index (χ4n) is 2.81. The number of methoxy groups -OCH3 is 1. The van der Waals surface area contributed by atoms with Crippen molar-refractivity contribution in [3.63, 3.8) is 0 Å². The number of hydrogen-bond acceptors (Lipinski definition) is 5. The van der Waals surface area contributed by atoms with Crippen LogP contribution in [-0.2, 0) is 11.3 Å². The van der Waals surface area contributed by atoms with E-state index in [1.807, 2.05) is 24.8 Å². The number of halogens is 1. The number of carbonyl (C=O) groups is 1. The average Bonchev–Trinajstić information content (AvgIpc) is 2.52. The topological polar surface area (TPSA) is 71.0 Å². The molecule has 6 nitrogen and oxygen atoms in total. The third-order valence-electron chi connectivity index (χ3n) is 3.91. The molecule has 0 spiro atoms. The van der Waals surface area contributed by atoms with Gasteiger partial charge in [0.1, 0.15) is 0 Å². The normalized spacial score (nSPS) is 18.6. The highest BCUT2D eigenvalue weighted by atomic mass is 35.5. The molecule has 134 valence electrons. The number of ether oxygens (including phenoxy) is 2. The molecule has 1 atom stereocenters. The van der Waals surface area contributed by atoms with Gasteiger partial charge in [-0.25, -0.2) is 0 Å². The molecule has 0 aliphatic carbocycles. The first-order chi connectivity index (χ1) is 11.5. The van der Waals surface area contributed by atoms with E-state index in [1.54, 1.807) is 13.2 Å². The van der Waals surface area contributed by atoms with E-state index in [1.165, 1.54) is 0 Å². The van der Waals surface area contributed by atoms with E-state index < -0.39 is 0 Å². The molecule has 1 unspecified atom stereocenters. The Morgan fingerprint density at radius 3 is 2.79 bits per heavy atom. The Kier molecular flexibility index (Phi) is 6.71. The first-order valence-corrected chi connectivity index (χ1v) is 8.49. The number of aliphatic hydroxyl groups is 1. The van der Waals surface area contributed by atoms with Crippen LogP contribution in [0.25, 0.3) is 0 Å². The molecule has 24 heavy (non-hydrogen) atoms. The lowest BCUT2D eigenvalue weighted by atomic mass is 10.1. The van der Waals surface area contributed by atoms with Gasteiger partial charge < -0.3 is 19.9 Å². The second-order valence-electron chi connectivity index (χ2n) is 6.05. The molecule has 1 amide bonds. The van der Waals surface area contributed by atoms with Crippen LogP contribution in [0.2, 0.25) is 5.02 Å². The summed E-state index contributed by atoms with van der Waals surface area (Å²) in [5.41, 5.74) is 0.863. The summed E-state index contributed by atoms with van der Waals surface area (Å²) in [6.45, 7) is 5.64. The lowest BCUT2D eigenvalue weighted by Gasteiger charge is -2.35. The smallest absolute Gasteiger partial charge is 0.237 e. The maximum absolute atomic E-state index is 12.0. The fourth-order valence-corrected chi connectivity index (χ4v) is 3.02. The summed E-state index contributed by atoms with van der Waals surface area (Å²) in [6.07, 6.45) is 0.412. The van der Waals surface area contributed by atoms with Crippen molar-refractivity contribution in [3.8, 4) is 11.5 Å². The number of aliphatic hydroxyl groups excluding tert-OH is 1. The van der Waals surface area contributed by atoms with E-state index in [0.717, 1.165) is 5.56 Å². The zero-order valence-electron chi connectivity index (χ0n) is 14.3. The van der Waals surface area contributed by atoms with E-state index >= 15 is 0 Å². The highest BCUT2D eigenvalue weighted by molar-refractivity contribution is 6.31. The zero-order valence-corrected chi connectivity index (χ0v) is 15.1. The molecular formula is C17H25ClN2O4. The lowest BCUT2D eigenvalue weighted by molar-refractivity contribution is -0.129. The molecule has 1 fully saturated rings. The summed E-state index contributed by atoms with van der Waals surface area (Å²) in [6, 6.07) is 3.25. The quantitative estimate of drug-likeness (QED) is 0.779. The monoisotopic (exact) mass is 356 g/mol. The van der Waals surface area contributed by atoms with Crippen molar-refractivity contribution in [2.75, 3.05) is 26.8 Å². The molecule has 1 aliphatic rings. The van der Waals surface area contributed by atoms with Gasteiger partial charge in [-0.3, -0.25) is 9.69 Å². The molecule has 2 N–H and O–H groups in total. The molecule has 1 aromatic rings. The van der Waals surface area contributed by atoms with Gasteiger partial charge in [-0.15, -0.1) is 0 Å². The fraction of sp³-hybridized carbons (Fsp3) is 0.588. The first-order valence-electron chi connectivity index (χ1n) is 8.12. The summed E-state index contributed by atoms with van der Waals surface area (Å²) < 4.78 is 11.1. The maximum atomic E-state index is 12.0. The molecule has 7 heteroatoms. The molecule has 0 saturated carbocycles. The van der Waals surface area contributed by atoms with Gasteiger partial charge in [0.15, 0.2) is 11.5 Å². The third-order valence-corrected chi connectivity index (χ3v) is 4.26. The van der Waals surface area contributed by atoms with Crippen LogP contribution in [0.3, 0.4) is 0 Å². The molecule has 0 radical (unpaired) electrons. The molecule has 1 heterocycles. The van der Waals surface area contributed by atoms with Crippen LogP contribution in [-0.4, -0.2) is 54.9 Å². The average molecular weight is 357 g/mol. The maximum Gasteiger partial charge on any atom is 0.237 e. The number of piperazine rings is 1. The van der Waals surface area contributed by atoms with Crippen LogP contribution in [0, 0.1) is 0 Å². The van der Waals surface area contributed by atoms with E-state index in [2.05, 4.69) is 5.32 Å². The standard InChI is InChI=1S/C17H25ClN2O4/c1-11(2)24-16-9-13(18)12(8-15(16)23-3)10-20-6-5-19-17(22)14(20)4-7-21/h8-9,11,14,21H,4-7,10H2,1-3H3,(H,19,22). The van der Waals surface area contributed by atoms with Crippen molar-refractivity contribution in [1.29, 1.82) is 0 Å². The van der Waals surface area contributed by atoms with Crippen molar-refractivity contribution in [2.45, 2.75) is 39.0 Å². The zero-order chi connectivity index (χ0) is 17.7. The highest BCUT2D eigenvalue weighted by Gasteiger charge is 2.29. The van der Waals surface area contributed by atoms with E-state index in [4.69, 9.17) is 21.1 Å². The van der Waals surface area contributed by atoms with E-state index in [9.17, 15) is 9.90 Å². The number of amides is 1. The van der Waals surface area contributed by atoms with Crippen molar-refractivity contribution in [3.05, 3.63) is 22.7 Å². The van der Waals surface area contributed by atoms with Crippen LogP contribution in [0.4, 0.5) is 0 Å². The number of hydrogen-bond donors (Lipinski definition) is 2. The number of benzene rings is 1. The molecule has 2 rings (SSSR count). The van der Waals surface area contributed by atoms with Crippen molar-refractivity contribution >= 4 is 17.5 Å². The second-order valence-corrected chi connectivity index (χ2v) is 6.46. The Morgan fingerprint density at radius 1 is 1.42 bits per heavy atom. The van der Waals surface area contributed by atoms with Gasteiger partial charge in [0.05, 0.1) is 19.3 Å². The van der Waals surface area contributed by atoms with Gasteiger partial charge in [0.2, 0.25) is 5.91 Å². The predicted octanol–water partition coefficient (Wildman–Crippen LogP) is 1.82. The van der Waals surface area contributed by atoms with Gasteiger partial charge in [0.25, 0.3) is 0 Å². The Labute approximate surface area is 147 Å². The number of nitrogens with one attached hydrogen (secondary N) is 1. The number of rotatable bonds is 7. The SMILES string of the molecule is COc1cc(CN2CCNC(=O)C2CCO)c(Cl)cc1OC(C)C. The summed E-state index contributed by atoms with van der Waals surface area (Å²) in [5, 5.41) is 12.6. The van der Waals surface area contributed by atoms with Gasteiger partial charge in [0, 0.05) is 37.3 Å². The minimum absolute atomic E-state index is 0.0144. The molecule has 1 aromatic carbocycles. The van der Waals surface area contributed by atoms with Crippen LogP contribution < -0.4 is 14.8 Å². The highest BCUT2D eigenvalue weighted by Crippen LogP contribution is 2.35. The summed E-state index contributed by atoms with van der Waals surface area (Å²) in [7, 11) is 1.59. The van der Waals surface area contributed by atoms with Crippen LogP contribution in [0.5, 0.6) is 11.5 Å². The Hall–Kier alpha value is -1.50. The van der Waals surface area contributed by atoms with Crippen molar-refractivity contribution < 1.29 is 19.4 Å². The molecule has 1 aliphatic heterocycles. The van der Waals surface area contributed by atoms with E-state index in [0.29, 0.717) is 42.6 Å². The van der Waals surface area contributed by atoms with E-state index in [-0.39, 0.29) is 24.7 Å². The Bertz CT molecular complexity index is 580. The van der Waals surface area contributed by atoms with Gasteiger partial charge >= 0.3 is 0 Å². The Morgan fingerprint density at radius 2 is 2.17 bits per heavy atom.